The van der Waals surface area contributed by atoms with Crippen molar-refractivity contribution in [3.8, 4) is 0 Å². The van der Waals surface area contributed by atoms with Crippen molar-refractivity contribution in [1.82, 2.24) is 19.8 Å². The lowest BCUT2D eigenvalue weighted by molar-refractivity contribution is -0.134. The van der Waals surface area contributed by atoms with Crippen LogP contribution in [0.15, 0.2) is 43.0 Å². The highest BCUT2D eigenvalue weighted by molar-refractivity contribution is 7.89. The topological polar surface area (TPSA) is 125 Å². The summed E-state index contributed by atoms with van der Waals surface area (Å²) in [6.45, 7) is 4.99. The number of alkyl carbamates (subject to hydrolysis) is 1. The molecule has 3 amide bonds. The summed E-state index contributed by atoms with van der Waals surface area (Å²) in [5.41, 5.74) is 0.832. The van der Waals surface area contributed by atoms with Gasteiger partial charge in [0, 0.05) is 32.7 Å². The third-order valence-corrected chi connectivity index (χ3v) is 9.49. The molecule has 1 aromatic rings. The van der Waals surface area contributed by atoms with Crippen LogP contribution in [-0.2, 0) is 31.0 Å². The zero-order valence-corrected chi connectivity index (χ0v) is 22.8. The molecule has 0 aromatic heterocycles. The lowest BCUT2D eigenvalue weighted by Crippen LogP contribution is -2.56. The van der Waals surface area contributed by atoms with E-state index in [4.69, 9.17) is 4.74 Å². The molecular weight excluding hydrogens is 508 g/mol. The molecule has 1 saturated carbocycles. The van der Waals surface area contributed by atoms with Crippen LogP contribution in [0.1, 0.15) is 56.9 Å². The molecule has 1 aromatic carbocycles. The summed E-state index contributed by atoms with van der Waals surface area (Å²) in [5, 5.41) is 5.07. The van der Waals surface area contributed by atoms with Crippen LogP contribution in [0.25, 0.3) is 0 Å². The molecule has 0 spiro atoms. The molecule has 3 rings (SSSR count). The molecule has 1 saturated heterocycles. The van der Waals surface area contributed by atoms with Gasteiger partial charge >= 0.3 is 6.09 Å². The minimum absolute atomic E-state index is 0.0822. The Morgan fingerprint density at radius 1 is 1.03 bits per heavy atom. The molecular formula is C27H40N4O6S. The second kappa shape index (κ2) is 14.9. The van der Waals surface area contributed by atoms with E-state index in [2.05, 4.69) is 17.2 Å². The van der Waals surface area contributed by atoms with Gasteiger partial charge in [0.15, 0.2) is 0 Å². The van der Waals surface area contributed by atoms with E-state index in [9.17, 15) is 22.8 Å². The smallest absolute Gasteiger partial charge is 0.408 e. The predicted molar refractivity (Wildman–Crippen MR) is 145 cm³/mol. The van der Waals surface area contributed by atoms with E-state index >= 15 is 0 Å². The van der Waals surface area contributed by atoms with E-state index in [0.29, 0.717) is 38.6 Å². The number of rotatable bonds is 12. The number of carbonyl (C=O) groups excluding carboxylic acids is 3. The van der Waals surface area contributed by atoms with Crippen LogP contribution in [0.5, 0.6) is 0 Å². The Hall–Kier alpha value is -2.92. The summed E-state index contributed by atoms with van der Waals surface area (Å²) in [4.78, 5) is 38.9. The van der Waals surface area contributed by atoms with Gasteiger partial charge in [0.05, 0.1) is 5.25 Å². The molecule has 0 radical (unpaired) electrons. The van der Waals surface area contributed by atoms with Crippen molar-refractivity contribution in [3.05, 3.63) is 48.6 Å². The zero-order valence-electron chi connectivity index (χ0n) is 22.0. The number of piperazine rings is 1. The molecule has 2 fully saturated rings. The van der Waals surface area contributed by atoms with Crippen molar-refractivity contribution in [2.75, 3.05) is 32.7 Å². The molecule has 38 heavy (non-hydrogen) atoms. The Labute approximate surface area is 225 Å². The third kappa shape index (κ3) is 8.83. The first-order chi connectivity index (χ1) is 18.3. The number of unbranched alkanes of at least 4 members (excludes halogenated alkanes) is 1. The normalized spacial score (nSPS) is 17.8. The molecule has 210 valence electrons. The fraction of sp³-hybridized carbons (Fsp3) is 0.593. The highest BCUT2D eigenvalue weighted by Gasteiger charge is 2.36. The van der Waals surface area contributed by atoms with E-state index in [-0.39, 0.29) is 49.9 Å². The highest BCUT2D eigenvalue weighted by atomic mass is 32.2. The number of hydrogen-bond donors (Lipinski definition) is 2. The number of hydrogen-bond acceptors (Lipinski definition) is 6. The van der Waals surface area contributed by atoms with E-state index in [0.717, 1.165) is 24.8 Å². The van der Waals surface area contributed by atoms with E-state index in [1.807, 2.05) is 30.3 Å². The number of ether oxygens (including phenoxy) is 1. The van der Waals surface area contributed by atoms with Crippen LogP contribution in [0.2, 0.25) is 0 Å². The van der Waals surface area contributed by atoms with Crippen LogP contribution in [0, 0.1) is 0 Å². The predicted octanol–water partition coefficient (Wildman–Crippen LogP) is 2.56. The highest BCUT2D eigenvalue weighted by Crippen LogP contribution is 2.26. The van der Waals surface area contributed by atoms with Gasteiger partial charge in [-0.05, 0) is 43.7 Å². The van der Waals surface area contributed by atoms with Crippen molar-refractivity contribution in [1.29, 1.82) is 0 Å². The van der Waals surface area contributed by atoms with Gasteiger partial charge in [0.25, 0.3) is 0 Å². The summed E-state index contributed by atoms with van der Waals surface area (Å²) in [5.74, 6) is -0.521. The Bertz CT molecular complexity index is 1030. The van der Waals surface area contributed by atoms with E-state index in [1.54, 1.807) is 4.90 Å². The number of sulfonamides is 1. The van der Waals surface area contributed by atoms with Crippen molar-refractivity contribution in [3.63, 3.8) is 0 Å². The average Bonchev–Trinajstić information content (AvgIpc) is 2.95. The Balaban J connectivity index is 1.55. The van der Waals surface area contributed by atoms with Crippen LogP contribution >= 0.6 is 0 Å². The Morgan fingerprint density at radius 2 is 1.71 bits per heavy atom. The molecule has 0 bridgehead atoms. The molecule has 11 heteroatoms. The molecule has 1 heterocycles. The number of nitrogens with one attached hydrogen (secondary N) is 2. The van der Waals surface area contributed by atoms with Gasteiger partial charge in [-0.25, -0.2) is 13.2 Å². The van der Waals surface area contributed by atoms with Gasteiger partial charge in [-0.15, -0.1) is 0 Å². The fourth-order valence-electron chi connectivity index (χ4n) is 4.88. The summed E-state index contributed by atoms with van der Waals surface area (Å²) < 4.78 is 33.0. The van der Waals surface area contributed by atoms with Gasteiger partial charge in [-0.2, -0.15) is 4.31 Å². The molecule has 2 N–H and O–H groups in total. The van der Waals surface area contributed by atoms with Gasteiger partial charge in [0.2, 0.25) is 21.8 Å². The standard InChI is InChI=1S/C27H40N4O6S/c1-2-25(32)28-16-10-9-15-24(29-27(34)37-21-22-11-5-3-6-12-22)26(33)30-17-19-31(20-18-30)38(35,36)23-13-7-4-8-14-23/h2-3,5-6,11-12,23-24H,1,4,7-10,13-21H2,(H,28,32)(H,29,34)/t24-/m0/s1. The lowest BCUT2D eigenvalue weighted by atomic mass is 10.0. The maximum absolute atomic E-state index is 13.4. The van der Waals surface area contributed by atoms with Crippen LogP contribution in [0.4, 0.5) is 4.79 Å². The van der Waals surface area contributed by atoms with E-state index < -0.39 is 22.2 Å². The maximum atomic E-state index is 13.4. The molecule has 1 aliphatic carbocycles. The number of amides is 3. The number of benzene rings is 1. The van der Waals surface area contributed by atoms with Gasteiger partial charge in [-0.3, -0.25) is 9.59 Å². The molecule has 10 nitrogen and oxygen atoms in total. The van der Waals surface area contributed by atoms with Crippen LogP contribution < -0.4 is 10.6 Å². The average molecular weight is 549 g/mol. The van der Waals surface area contributed by atoms with Crippen molar-refractivity contribution in [2.24, 2.45) is 0 Å². The number of carbonyl (C=O) groups is 3. The van der Waals surface area contributed by atoms with Gasteiger partial charge in [-0.1, -0.05) is 56.2 Å². The molecule has 2 aliphatic rings. The van der Waals surface area contributed by atoms with Crippen molar-refractivity contribution >= 4 is 27.9 Å². The quantitative estimate of drug-likeness (QED) is 0.306. The first kappa shape index (κ1) is 29.6. The Morgan fingerprint density at radius 3 is 2.37 bits per heavy atom. The molecule has 1 aliphatic heterocycles. The first-order valence-electron chi connectivity index (χ1n) is 13.5. The van der Waals surface area contributed by atoms with Crippen molar-refractivity contribution in [2.45, 2.75) is 69.3 Å². The first-order valence-corrected chi connectivity index (χ1v) is 15.0. The summed E-state index contributed by atoms with van der Waals surface area (Å²) in [6.07, 6.45) is 6.44. The van der Waals surface area contributed by atoms with Crippen molar-refractivity contribution < 1.29 is 27.5 Å². The van der Waals surface area contributed by atoms with Crippen LogP contribution in [0.3, 0.4) is 0 Å². The monoisotopic (exact) mass is 548 g/mol. The maximum Gasteiger partial charge on any atom is 0.408 e. The molecule has 0 unspecified atom stereocenters. The fourth-order valence-corrected chi connectivity index (χ4v) is 6.90. The minimum Gasteiger partial charge on any atom is -0.445 e. The lowest BCUT2D eigenvalue weighted by Gasteiger charge is -2.38. The number of nitrogens with zero attached hydrogens (tertiary/aromatic N) is 2. The summed E-state index contributed by atoms with van der Waals surface area (Å²) in [7, 11) is -3.37. The van der Waals surface area contributed by atoms with Gasteiger partial charge < -0.3 is 20.3 Å². The molecule has 1 atom stereocenters. The summed E-state index contributed by atoms with van der Waals surface area (Å²) in [6, 6.07) is 8.44. The second-order valence-corrected chi connectivity index (χ2v) is 12.0. The SMILES string of the molecule is C=CC(=O)NCCCC[C@H](NC(=O)OCc1ccccc1)C(=O)N1CCN(S(=O)(=O)C2CCCCC2)CC1. The Kier molecular flexibility index (Phi) is 11.6. The third-order valence-electron chi connectivity index (χ3n) is 7.09. The minimum atomic E-state index is -3.37. The van der Waals surface area contributed by atoms with Gasteiger partial charge in [0.1, 0.15) is 12.6 Å². The van der Waals surface area contributed by atoms with E-state index in [1.165, 1.54) is 10.4 Å². The summed E-state index contributed by atoms with van der Waals surface area (Å²) >= 11 is 0. The second-order valence-electron chi connectivity index (χ2n) is 9.78. The largest absolute Gasteiger partial charge is 0.445 e. The zero-order chi connectivity index (χ0) is 27.4. The van der Waals surface area contributed by atoms with Crippen LogP contribution in [-0.4, -0.2) is 79.5 Å².